The van der Waals surface area contributed by atoms with Gasteiger partial charge in [0, 0.05) is 29.0 Å². The lowest BCUT2D eigenvalue weighted by Crippen LogP contribution is -2.61. The number of H-pyrrole nitrogens is 1. The summed E-state index contributed by atoms with van der Waals surface area (Å²) in [7, 11) is 0. The number of fused-ring (bicyclic) bond motifs is 3. The maximum atomic E-state index is 12.7. The largest absolute Gasteiger partial charge is 0.361 e. The van der Waals surface area contributed by atoms with Gasteiger partial charge in [0.25, 0.3) is 5.91 Å². The number of rotatable bonds is 1. The number of benzene rings is 1. The number of carbonyl (C=O) groups is 1. The van der Waals surface area contributed by atoms with Gasteiger partial charge in [-0.1, -0.05) is 6.07 Å². The molecule has 1 amide bonds. The van der Waals surface area contributed by atoms with Crippen LogP contribution in [0, 0.1) is 6.92 Å². The summed E-state index contributed by atoms with van der Waals surface area (Å²) < 4.78 is 5.97. The minimum Gasteiger partial charge on any atom is -0.361 e. The van der Waals surface area contributed by atoms with Gasteiger partial charge in [-0.15, -0.1) is 0 Å². The van der Waals surface area contributed by atoms with Crippen molar-refractivity contribution in [1.82, 2.24) is 19.9 Å². The maximum absolute atomic E-state index is 12.7. The normalized spacial score (nSPS) is 18.0. The minimum absolute atomic E-state index is 0.0298. The van der Waals surface area contributed by atoms with Crippen molar-refractivity contribution in [2.45, 2.75) is 19.1 Å². The van der Waals surface area contributed by atoms with Crippen molar-refractivity contribution < 1.29 is 9.53 Å². The number of ether oxygens (including phenoxy) is 1. The van der Waals surface area contributed by atoms with Crippen molar-refractivity contribution in [3.05, 3.63) is 59.3 Å². The third kappa shape index (κ3) is 1.83. The average molecular weight is 320 g/mol. The summed E-state index contributed by atoms with van der Waals surface area (Å²) in [6, 6.07) is 7.73. The molecule has 120 valence electrons. The van der Waals surface area contributed by atoms with E-state index in [1.807, 2.05) is 48.5 Å². The first kappa shape index (κ1) is 13.7. The molecule has 2 aromatic heterocycles. The number of aryl methyl sites for hydroxylation is 1. The average Bonchev–Trinajstić information content (AvgIpc) is 3.15. The van der Waals surface area contributed by atoms with E-state index >= 15 is 0 Å². The molecule has 1 N–H and O–H groups in total. The zero-order valence-electron chi connectivity index (χ0n) is 13.2. The van der Waals surface area contributed by atoms with Gasteiger partial charge in [-0.25, -0.2) is 9.97 Å². The highest BCUT2D eigenvalue weighted by atomic mass is 16.5. The van der Waals surface area contributed by atoms with Gasteiger partial charge >= 0.3 is 0 Å². The Kier molecular flexibility index (Phi) is 2.65. The Bertz CT molecular complexity index is 972. The quantitative estimate of drug-likeness (QED) is 0.746. The van der Waals surface area contributed by atoms with Crippen LogP contribution in [0.1, 0.15) is 27.4 Å². The van der Waals surface area contributed by atoms with Crippen LogP contribution in [0.4, 0.5) is 0 Å². The molecular weight excluding hydrogens is 304 g/mol. The molecule has 2 aliphatic heterocycles. The number of likely N-dealkylation sites (tertiary alicyclic amines) is 1. The van der Waals surface area contributed by atoms with Gasteiger partial charge in [0.15, 0.2) is 0 Å². The van der Waals surface area contributed by atoms with Crippen LogP contribution < -0.4 is 0 Å². The zero-order chi connectivity index (χ0) is 16.3. The SMILES string of the molecule is Cc1ncc2c(n1)COC21CN(C(=O)c2ccc3cc[nH]c3c2)C1. The highest BCUT2D eigenvalue weighted by molar-refractivity contribution is 5.98. The molecule has 0 bridgehead atoms. The van der Waals surface area contributed by atoms with Gasteiger partial charge in [0.2, 0.25) is 0 Å². The van der Waals surface area contributed by atoms with E-state index in [0.717, 1.165) is 28.0 Å². The molecule has 6 heteroatoms. The summed E-state index contributed by atoms with van der Waals surface area (Å²) in [4.78, 5) is 26.4. The Morgan fingerprint density at radius 3 is 3.08 bits per heavy atom. The van der Waals surface area contributed by atoms with Gasteiger partial charge in [0.1, 0.15) is 11.4 Å². The molecule has 1 aromatic carbocycles. The lowest BCUT2D eigenvalue weighted by atomic mass is 9.87. The number of hydrogen-bond donors (Lipinski definition) is 1. The van der Waals surface area contributed by atoms with E-state index in [4.69, 9.17) is 4.74 Å². The van der Waals surface area contributed by atoms with Crippen LogP contribution in [0.15, 0.2) is 36.7 Å². The molecule has 4 heterocycles. The lowest BCUT2D eigenvalue weighted by molar-refractivity contribution is -0.126. The molecule has 0 saturated carbocycles. The van der Waals surface area contributed by atoms with E-state index in [2.05, 4.69) is 15.0 Å². The summed E-state index contributed by atoms with van der Waals surface area (Å²) in [5, 5.41) is 1.10. The van der Waals surface area contributed by atoms with Crippen LogP contribution in [-0.2, 0) is 16.9 Å². The molecule has 2 aliphatic rings. The van der Waals surface area contributed by atoms with Crippen LogP contribution in [-0.4, -0.2) is 38.8 Å². The fourth-order valence-corrected chi connectivity index (χ4v) is 3.63. The minimum atomic E-state index is -0.421. The van der Waals surface area contributed by atoms with Gasteiger partial charge < -0.3 is 14.6 Å². The predicted molar refractivity (Wildman–Crippen MR) is 87.4 cm³/mol. The van der Waals surface area contributed by atoms with Gasteiger partial charge in [-0.05, 0) is 30.5 Å². The molecule has 3 aromatic rings. The van der Waals surface area contributed by atoms with Crippen LogP contribution in [0.2, 0.25) is 0 Å². The number of amides is 1. The van der Waals surface area contributed by atoms with Crippen LogP contribution in [0.5, 0.6) is 0 Å². The van der Waals surface area contributed by atoms with E-state index in [1.165, 1.54) is 0 Å². The van der Waals surface area contributed by atoms with E-state index in [-0.39, 0.29) is 5.91 Å². The number of nitrogens with zero attached hydrogens (tertiary/aromatic N) is 3. The van der Waals surface area contributed by atoms with Gasteiger partial charge in [-0.2, -0.15) is 0 Å². The van der Waals surface area contributed by atoms with E-state index in [0.29, 0.717) is 25.3 Å². The van der Waals surface area contributed by atoms with Gasteiger partial charge in [0.05, 0.1) is 25.4 Å². The predicted octanol–water partition coefficient (Wildman–Crippen LogP) is 2.15. The maximum Gasteiger partial charge on any atom is 0.254 e. The van der Waals surface area contributed by atoms with E-state index < -0.39 is 5.60 Å². The molecule has 0 atom stereocenters. The topological polar surface area (TPSA) is 71.1 Å². The third-order valence-corrected chi connectivity index (χ3v) is 4.95. The van der Waals surface area contributed by atoms with Crippen molar-refractivity contribution in [2.24, 2.45) is 0 Å². The van der Waals surface area contributed by atoms with Crippen molar-refractivity contribution in [2.75, 3.05) is 13.1 Å². The molecule has 1 saturated heterocycles. The Labute approximate surface area is 138 Å². The van der Waals surface area contributed by atoms with E-state index in [9.17, 15) is 4.79 Å². The molecule has 24 heavy (non-hydrogen) atoms. The Morgan fingerprint density at radius 2 is 2.21 bits per heavy atom. The summed E-state index contributed by atoms with van der Waals surface area (Å²) in [6.45, 7) is 3.47. The second-order valence-electron chi connectivity index (χ2n) is 6.50. The first-order chi connectivity index (χ1) is 11.6. The summed E-state index contributed by atoms with van der Waals surface area (Å²) in [5.74, 6) is 0.781. The summed E-state index contributed by atoms with van der Waals surface area (Å²) in [5.41, 5.74) is 3.22. The van der Waals surface area contributed by atoms with Crippen LogP contribution in [0.25, 0.3) is 10.9 Å². The van der Waals surface area contributed by atoms with Crippen molar-refractivity contribution in [3.63, 3.8) is 0 Å². The van der Waals surface area contributed by atoms with Crippen molar-refractivity contribution in [3.8, 4) is 0 Å². The van der Waals surface area contributed by atoms with Crippen molar-refractivity contribution in [1.29, 1.82) is 0 Å². The molecular formula is C18H16N4O2. The molecule has 1 fully saturated rings. The second-order valence-corrected chi connectivity index (χ2v) is 6.50. The van der Waals surface area contributed by atoms with Gasteiger partial charge in [-0.3, -0.25) is 4.79 Å². The Hall–Kier alpha value is -2.73. The summed E-state index contributed by atoms with van der Waals surface area (Å²) in [6.07, 6.45) is 3.72. The molecule has 0 unspecified atom stereocenters. The number of nitrogens with one attached hydrogen (secondary N) is 1. The smallest absolute Gasteiger partial charge is 0.254 e. The second kappa shape index (κ2) is 4.64. The third-order valence-electron chi connectivity index (χ3n) is 4.95. The first-order valence-electron chi connectivity index (χ1n) is 7.98. The Balaban J connectivity index is 1.39. The molecule has 0 radical (unpaired) electrons. The highest BCUT2D eigenvalue weighted by Gasteiger charge is 2.52. The molecule has 6 nitrogen and oxygen atoms in total. The Morgan fingerprint density at radius 1 is 1.33 bits per heavy atom. The van der Waals surface area contributed by atoms with Crippen molar-refractivity contribution >= 4 is 16.8 Å². The fraction of sp³-hybridized carbons (Fsp3) is 0.278. The number of aromatic amines is 1. The van der Waals surface area contributed by atoms with Crippen LogP contribution >= 0.6 is 0 Å². The lowest BCUT2D eigenvalue weighted by Gasteiger charge is -2.47. The van der Waals surface area contributed by atoms with Crippen LogP contribution in [0.3, 0.4) is 0 Å². The fourth-order valence-electron chi connectivity index (χ4n) is 3.63. The molecule has 1 spiro atoms. The standard InChI is InChI=1S/C18H16N4O2/c1-11-20-7-14-16(21-11)8-24-18(14)9-22(10-18)17(23)13-3-2-12-4-5-19-15(12)6-13/h2-7,19H,8-10H2,1H3. The number of hydrogen-bond acceptors (Lipinski definition) is 4. The molecule has 0 aliphatic carbocycles. The van der Waals surface area contributed by atoms with E-state index in [1.54, 1.807) is 0 Å². The molecule has 5 rings (SSSR count). The summed E-state index contributed by atoms with van der Waals surface area (Å²) >= 11 is 0. The monoisotopic (exact) mass is 320 g/mol. The number of carbonyl (C=O) groups excluding carboxylic acids is 1. The zero-order valence-corrected chi connectivity index (χ0v) is 13.2. The highest BCUT2D eigenvalue weighted by Crippen LogP contribution is 2.42. The number of aromatic nitrogens is 3. The first-order valence-corrected chi connectivity index (χ1v) is 7.98.